The van der Waals surface area contributed by atoms with E-state index in [1.54, 1.807) is 7.11 Å². The molecule has 1 unspecified atom stereocenters. The molecule has 1 aromatic heterocycles. The van der Waals surface area contributed by atoms with Crippen LogP contribution in [-0.4, -0.2) is 48.7 Å². The fraction of sp³-hybridized carbons (Fsp3) is 0.500. The molecule has 1 aliphatic carbocycles. The van der Waals surface area contributed by atoms with Crippen LogP contribution in [0.4, 0.5) is 0 Å². The van der Waals surface area contributed by atoms with Crippen molar-refractivity contribution >= 4 is 16.8 Å². The van der Waals surface area contributed by atoms with E-state index < -0.39 is 0 Å². The Bertz CT molecular complexity index is 1400. The van der Waals surface area contributed by atoms with Gasteiger partial charge in [-0.2, -0.15) is 5.26 Å². The van der Waals surface area contributed by atoms with Gasteiger partial charge < -0.3 is 19.8 Å². The summed E-state index contributed by atoms with van der Waals surface area (Å²) < 4.78 is 11.1. The number of aryl methyl sites for hydroxylation is 1. The first kappa shape index (κ1) is 25.9. The number of aromatic amines is 1. The second kappa shape index (κ2) is 10.3. The first-order valence-corrected chi connectivity index (χ1v) is 14.2. The van der Waals surface area contributed by atoms with Gasteiger partial charge >= 0.3 is 0 Å². The molecule has 1 saturated carbocycles. The molecule has 3 aromatic rings. The number of nitriles is 1. The fourth-order valence-corrected chi connectivity index (χ4v) is 6.93. The highest BCUT2D eigenvalue weighted by atomic mass is 16.5. The van der Waals surface area contributed by atoms with Crippen molar-refractivity contribution in [2.45, 2.75) is 58.2 Å². The Labute approximate surface area is 230 Å². The summed E-state index contributed by atoms with van der Waals surface area (Å²) in [6.07, 6.45) is 6.12. The molecule has 2 N–H and O–H groups in total. The summed E-state index contributed by atoms with van der Waals surface area (Å²) in [5, 5.41) is 13.8. The Kier molecular flexibility index (Phi) is 6.86. The van der Waals surface area contributed by atoms with Gasteiger partial charge in [-0.3, -0.25) is 9.69 Å². The minimum Gasteiger partial charge on any atom is -0.496 e. The number of ether oxygens (including phenoxy) is 2. The minimum absolute atomic E-state index is 0.0342. The Balaban J connectivity index is 1.27. The van der Waals surface area contributed by atoms with Gasteiger partial charge in [0, 0.05) is 58.7 Å². The number of carbonyl (C=O) groups is 1. The van der Waals surface area contributed by atoms with E-state index in [0.29, 0.717) is 24.7 Å². The molecule has 7 nitrogen and oxygen atoms in total. The molecule has 1 amide bonds. The predicted octanol–water partition coefficient (Wildman–Crippen LogP) is 5.51. The molecule has 2 aliphatic heterocycles. The van der Waals surface area contributed by atoms with E-state index in [2.05, 4.69) is 52.5 Å². The van der Waals surface area contributed by atoms with Crippen molar-refractivity contribution < 1.29 is 14.3 Å². The summed E-state index contributed by atoms with van der Waals surface area (Å²) in [4.78, 5) is 18.9. The molecule has 3 aliphatic rings. The number of carbonyl (C=O) groups excluding carboxylic acids is 1. The molecule has 1 spiro atoms. The van der Waals surface area contributed by atoms with Crippen molar-refractivity contribution in [1.29, 1.82) is 5.26 Å². The van der Waals surface area contributed by atoms with Gasteiger partial charge in [-0.1, -0.05) is 12.1 Å². The van der Waals surface area contributed by atoms with Crippen LogP contribution in [0.3, 0.4) is 0 Å². The van der Waals surface area contributed by atoms with Crippen LogP contribution >= 0.6 is 0 Å². The average Bonchev–Trinajstić information content (AvgIpc) is 3.39. The number of rotatable bonds is 7. The third-order valence-corrected chi connectivity index (χ3v) is 9.52. The standard InChI is InChI=1S/C32H38N4O3/c1-20-12-29(38-3)27(26-8-10-34-30(20)26)17-36-11-9-32(13-22(14-32)16-33)15-28(36)23-4-6-24(7-5-23)31(37)35-21(2)25-18-39-19-25/h4-8,10,12,21-22,25,28,34H,9,11,13-15,17-19H2,1-3H3,(H,35,37)/t21-,22?,28?,32?/m1/s1. The molecule has 0 bridgehead atoms. The van der Waals surface area contributed by atoms with Gasteiger partial charge in [0.2, 0.25) is 0 Å². The zero-order chi connectivity index (χ0) is 27.1. The average molecular weight is 527 g/mol. The van der Waals surface area contributed by atoms with Gasteiger partial charge in [0.15, 0.2) is 0 Å². The molecule has 39 heavy (non-hydrogen) atoms. The van der Waals surface area contributed by atoms with Gasteiger partial charge in [0.05, 0.1) is 26.4 Å². The first-order chi connectivity index (χ1) is 18.9. The van der Waals surface area contributed by atoms with Gasteiger partial charge in [0.25, 0.3) is 5.91 Å². The predicted molar refractivity (Wildman–Crippen MR) is 150 cm³/mol. The van der Waals surface area contributed by atoms with Crippen LogP contribution in [0.1, 0.15) is 65.7 Å². The summed E-state index contributed by atoms with van der Waals surface area (Å²) in [6, 6.07) is 15.2. The third kappa shape index (κ3) is 4.81. The van der Waals surface area contributed by atoms with E-state index in [0.717, 1.165) is 50.0 Å². The first-order valence-electron chi connectivity index (χ1n) is 14.2. The lowest BCUT2D eigenvalue weighted by Gasteiger charge is -2.53. The van der Waals surface area contributed by atoms with E-state index in [9.17, 15) is 10.1 Å². The Morgan fingerprint density at radius 2 is 2.03 bits per heavy atom. The molecule has 2 atom stereocenters. The smallest absolute Gasteiger partial charge is 0.251 e. The van der Waals surface area contributed by atoms with Crippen LogP contribution in [-0.2, 0) is 11.3 Å². The molecule has 2 aromatic carbocycles. The van der Waals surface area contributed by atoms with Crippen LogP contribution in [0.5, 0.6) is 5.75 Å². The molecule has 6 rings (SSSR count). The fourth-order valence-electron chi connectivity index (χ4n) is 6.93. The number of fused-ring (bicyclic) bond motifs is 1. The topological polar surface area (TPSA) is 90.4 Å². The molecular formula is C32H38N4O3. The number of H-pyrrole nitrogens is 1. The van der Waals surface area contributed by atoms with E-state index in [1.165, 1.54) is 22.1 Å². The van der Waals surface area contributed by atoms with Crippen molar-refractivity contribution in [1.82, 2.24) is 15.2 Å². The van der Waals surface area contributed by atoms with Crippen LogP contribution in [0, 0.1) is 35.5 Å². The summed E-state index contributed by atoms with van der Waals surface area (Å²) in [5.74, 6) is 1.46. The molecular weight excluding hydrogens is 488 g/mol. The van der Waals surface area contributed by atoms with E-state index >= 15 is 0 Å². The zero-order valence-corrected chi connectivity index (χ0v) is 23.1. The number of piperidine rings is 1. The van der Waals surface area contributed by atoms with Crippen molar-refractivity contribution in [2.24, 2.45) is 17.3 Å². The number of aromatic nitrogens is 1. The maximum Gasteiger partial charge on any atom is 0.251 e. The Morgan fingerprint density at radius 1 is 1.26 bits per heavy atom. The molecule has 7 heteroatoms. The number of nitrogens with one attached hydrogen (secondary N) is 2. The van der Waals surface area contributed by atoms with E-state index in [4.69, 9.17) is 9.47 Å². The molecule has 0 radical (unpaired) electrons. The van der Waals surface area contributed by atoms with Crippen molar-refractivity contribution in [3.8, 4) is 11.8 Å². The van der Waals surface area contributed by atoms with E-state index in [1.807, 2.05) is 25.3 Å². The number of likely N-dealkylation sites (tertiary alicyclic amines) is 1. The van der Waals surface area contributed by atoms with Crippen LogP contribution < -0.4 is 10.1 Å². The van der Waals surface area contributed by atoms with Crippen molar-refractivity contribution in [3.63, 3.8) is 0 Å². The molecule has 2 saturated heterocycles. The van der Waals surface area contributed by atoms with Gasteiger partial charge in [-0.05, 0) is 86.9 Å². The summed E-state index contributed by atoms with van der Waals surface area (Å²) in [6.45, 7) is 7.34. The number of nitrogens with zero attached hydrogens (tertiary/aromatic N) is 2. The number of hydrogen-bond acceptors (Lipinski definition) is 5. The highest BCUT2D eigenvalue weighted by Crippen LogP contribution is 2.56. The molecule has 204 valence electrons. The van der Waals surface area contributed by atoms with Gasteiger partial charge in [-0.15, -0.1) is 0 Å². The lowest BCUT2D eigenvalue weighted by atomic mass is 9.56. The minimum atomic E-state index is -0.0342. The Hall–Kier alpha value is -3.34. The van der Waals surface area contributed by atoms with Crippen LogP contribution in [0.2, 0.25) is 0 Å². The lowest BCUT2D eigenvalue weighted by Crippen LogP contribution is -2.48. The Morgan fingerprint density at radius 3 is 2.69 bits per heavy atom. The van der Waals surface area contributed by atoms with Crippen molar-refractivity contribution in [2.75, 3.05) is 26.9 Å². The quantitative estimate of drug-likeness (QED) is 0.424. The number of amides is 1. The van der Waals surface area contributed by atoms with Crippen molar-refractivity contribution in [3.05, 3.63) is 64.8 Å². The van der Waals surface area contributed by atoms with Gasteiger partial charge in [0.1, 0.15) is 5.75 Å². The second-order valence-corrected chi connectivity index (χ2v) is 12.0. The lowest BCUT2D eigenvalue weighted by molar-refractivity contribution is -0.0453. The number of hydrogen-bond donors (Lipinski definition) is 2. The maximum absolute atomic E-state index is 12.9. The van der Waals surface area contributed by atoms with E-state index in [-0.39, 0.29) is 29.3 Å². The summed E-state index contributed by atoms with van der Waals surface area (Å²) in [5.41, 5.74) is 5.68. The van der Waals surface area contributed by atoms with Crippen LogP contribution in [0.25, 0.3) is 10.9 Å². The summed E-state index contributed by atoms with van der Waals surface area (Å²) in [7, 11) is 1.75. The van der Waals surface area contributed by atoms with Crippen LogP contribution in [0.15, 0.2) is 42.6 Å². The highest BCUT2D eigenvalue weighted by Gasteiger charge is 2.49. The largest absolute Gasteiger partial charge is 0.496 e. The maximum atomic E-state index is 12.9. The SMILES string of the molecule is COc1cc(C)c2[nH]ccc2c1CN1CCC2(CC(C#N)C2)CC1c1ccc(C(=O)N[C@H](C)C2COC2)cc1. The number of methoxy groups -OCH3 is 1. The number of benzene rings is 2. The monoisotopic (exact) mass is 526 g/mol. The molecule has 3 heterocycles. The second-order valence-electron chi connectivity index (χ2n) is 12.0. The third-order valence-electron chi connectivity index (χ3n) is 9.52. The molecule has 3 fully saturated rings. The highest BCUT2D eigenvalue weighted by molar-refractivity contribution is 5.94. The normalized spacial score (nSPS) is 26.0. The van der Waals surface area contributed by atoms with Gasteiger partial charge in [-0.25, -0.2) is 0 Å². The summed E-state index contributed by atoms with van der Waals surface area (Å²) >= 11 is 0. The zero-order valence-electron chi connectivity index (χ0n) is 23.1.